The lowest BCUT2D eigenvalue weighted by Gasteiger charge is -2.28. The van der Waals surface area contributed by atoms with Crippen molar-refractivity contribution in [2.45, 2.75) is 25.8 Å². The van der Waals surface area contributed by atoms with E-state index in [1.807, 2.05) is 24.3 Å². The molecule has 4 rings (SSSR count). The third kappa shape index (κ3) is 3.02. The standard InChI is InChI=1S/C17H16ClN5O2/c18-11-3-1-10(2-4-11)16-12-9-23(8-7-13(12)19-22-16)17(25)14-5-6-15(24)21-20-14/h1-4H,5-9H2,(H,19,22)(H,21,24). The molecule has 2 amide bonds. The highest BCUT2D eigenvalue weighted by Gasteiger charge is 2.29. The van der Waals surface area contributed by atoms with Crippen molar-refractivity contribution in [1.29, 1.82) is 0 Å². The molecule has 0 aliphatic carbocycles. The number of aromatic nitrogens is 2. The van der Waals surface area contributed by atoms with Gasteiger partial charge in [0, 0.05) is 47.7 Å². The molecule has 2 aromatic rings. The minimum atomic E-state index is -0.155. The van der Waals surface area contributed by atoms with Gasteiger partial charge in [-0.05, 0) is 12.1 Å². The van der Waals surface area contributed by atoms with Crippen LogP contribution in [0.4, 0.5) is 0 Å². The maximum Gasteiger partial charge on any atom is 0.270 e. The molecule has 2 aliphatic heterocycles. The molecule has 7 nitrogen and oxygen atoms in total. The SMILES string of the molecule is O=C1CCC(C(=O)N2CCc3[nH]nc(-c4ccc(Cl)cc4)c3C2)=NN1. The van der Waals surface area contributed by atoms with Crippen molar-refractivity contribution >= 4 is 29.1 Å². The number of amides is 2. The summed E-state index contributed by atoms with van der Waals surface area (Å²) in [6.45, 7) is 1.07. The first-order valence-electron chi connectivity index (χ1n) is 8.08. The van der Waals surface area contributed by atoms with Gasteiger partial charge in [-0.25, -0.2) is 5.43 Å². The van der Waals surface area contributed by atoms with Gasteiger partial charge < -0.3 is 4.90 Å². The Morgan fingerprint density at radius 1 is 1.16 bits per heavy atom. The van der Waals surface area contributed by atoms with Crippen molar-refractivity contribution in [2.75, 3.05) is 6.54 Å². The summed E-state index contributed by atoms with van der Waals surface area (Å²) in [6, 6.07) is 7.48. The van der Waals surface area contributed by atoms with E-state index < -0.39 is 0 Å². The highest BCUT2D eigenvalue weighted by Crippen LogP contribution is 2.29. The van der Waals surface area contributed by atoms with Gasteiger partial charge in [0.05, 0.1) is 12.2 Å². The highest BCUT2D eigenvalue weighted by atomic mass is 35.5. The predicted octanol–water partition coefficient (Wildman–Crippen LogP) is 1.88. The molecule has 3 heterocycles. The Labute approximate surface area is 149 Å². The zero-order valence-electron chi connectivity index (χ0n) is 13.4. The van der Waals surface area contributed by atoms with Crippen LogP contribution in [-0.4, -0.2) is 39.2 Å². The van der Waals surface area contributed by atoms with Gasteiger partial charge in [-0.2, -0.15) is 10.2 Å². The highest BCUT2D eigenvalue weighted by molar-refractivity contribution is 6.39. The van der Waals surface area contributed by atoms with E-state index in [1.165, 1.54) is 0 Å². The number of rotatable bonds is 2. The summed E-state index contributed by atoms with van der Waals surface area (Å²) in [5, 5.41) is 12.1. The minimum absolute atomic E-state index is 0.131. The number of hydrogen-bond donors (Lipinski definition) is 2. The number of fused-ring (bicyclic) bond motifs is 1. The van der Waals surface area contributed by atoms with E-state index in [9.17, 15) is 9.59 Å². The summed E-state index contributed by atoms with van der Waals surface area (Å²) >= 11 is 5.95. The molecule has 1 aromatic carbocycles. The lowest BCUT2D eigenvalue weighted by Crippen LogP contribution is -2.42. The minimum Gasteiger partial charge on any atom is -0.333 e. The number of benzene rings is 1. The first kappa shape index (κ1) is 15.8. The monoisotopic (exact) mass is 357 g/mol. The molecule has 0 radical (unpaired) electrons. The fraction of sp³-hybridized carbons (Fsp3) is 0.294. The Morgan fingerprint density at radius 3 is 2.68 bits per heavy atom. The van der Waals surface area contributed by atoms with Crippen molar-refractivity contribution in [2.24, 2.45) is 5.10 Å². The summed E-state index contributed by atoms with van der Waals surface area (Å²) in [7, 11) is 0. The number of H-pyrrole nitrogens is 1. The van der Waals surface area contributed by atoms with Crippen LogP contribution in [0.2, 0.25) is 5.02 Å². The molecule has 0 spiro atoms. The van der Waals surface area contributed by atoms with Gasteiger partial charge in [0.25, 0.3) is 5.91 Å². The van der Waals surface area contributed by atoms with Crippen molar-refractivity contribution in [3.05, 3.63) is 40.5 Å². The number of nitrogens with one attached hydrogen (secondary N) is 2. The van der Waals surface area contributed by atoms with Gasteiger partial charge >= 0.3 is 0 Å². The van der Waals surface area contributed by atoms with Gasteiger partial charge in [0.15, 0.2) is 0 Å². The fourth-order valence-electron chi connectivity index (χ4n) is 3.13. The molecular weight excluding hydrogens is 342 g/mol. The Hall–Kier alpha value is -2.67. The quantitative estimate of drug-likeness (QED) is 0.859. The topological polar surface area (TPSA) is 90.5 Å². The zero-order chi connectivity index (χ0) is 17.4. The van der Waals surface area contributed by atoms with Gasteiger partial charge in [0.2, 0.25) is 5.91 Å². The van der Waals surface area contributed by atoms with Crippen LogP contribution in [0.25, 0.3) is 11.3 Å². The number of aromatic amines is 1. The van der Waals surface area contributed by atoms with E-state index in [0.29, 0.717) is 43.1 Å². The Bertz CT molecular complexity index is 872. The summed E-state index contributed by atoms with van der Waals surface area (Å²) in [5.41, 5.74) is 6.64. The van der Waals surface area contributed by atoms with Gasteiger partial charge in [-0.1, -0.05) is 23.7 Å². The summed E-state index contributed by atoms with van der Waals surface area (Å²) < 4.78 is 0. The van der Waals surface area contributed by atoms with Gasteiger partial charge in [-0.15, -0.1) is 0 Å². The van der Waals surface area contributed by atoms with Crippen molar-refractivity contribution < 1.29 is 9.59 Å². The largest absolute Gasteiger partial charge is 0.333 e. The molecule has 0 fully saturated rings. The van der Waals surface area contributed by atoms with Crippen LogP contribution in [0.15, 0.2) is 29.4 Å². The molecule has 0 bridgehead atoms. The maximum atomic E-state index is 12.7. The van der Waals surface area contributed by atoms with Crippen LogP contribution >= 0.6 is 11.6 Å². The average molecular weight is 358 g/mol. The van der Waals surface area contributed by atoms with E-state index in [-0.39, 0.29) is 11.8 Å². The third-order valence-electron chi connectivity index (χ3n) is 4.49. The number of hydrazone groups is 1. The molecular formula is C17H16ClN5O2. The van der Waals surface area contributed by atoms with E-state index in [0.717, 1.165) is 22.5 Å². The van der Waals surface area contributed by atoms with Crippen LogP contribution < -0.4 is 5.43 Å². The van der Waals surface area contributed by atoms with Crippen molar-refractivity contribution in [3.63, 3.8) is 0 Å². The first-order chi connectivity index (χ1) is 12.1. The number of carbonyl (C=O) groups excluding carboxylic acids is 2. The average Bonchev–Trinajstić information content (AvgIpc) is 3.05. The van der Waals surface area contributed by atoms with Crippen LogP contribution in [-0.2, 0) is 22.6 Å². The van der Waals surface area contributed by atoms with Crippen molar-refractivity contribution in [1.82, 2.24) is 20.5 Å². The Morgan fingerprint density at radius 2 is 1.96 bits per heavy atom. The molecule has 0 unspecified atom stereocenters. The second-order valence-electron chi connectivity index (χ2n) is 6.11. The Balaban J connectivity index is 1.58. The van der Waals surface area contributed by atoms with Crippen LogP contribution in [0.5, 0.6) is 0 Å². The molecule has 0 saturated heterocycles. The number of nitrogens with zero attached hydrogens (tertiary/aromatic N) is 3. The molecule has 0 saturated carbocycles. The van der Waals surface area contributed by atoms with E-state index in [1.54, 1.807) is 4.90 Å². The second-order valence-corrected chi connectivity index (χ2v) is 6.54. The van der Waals surface area contributed by atoms with E-state index in [4.69, 9.17) is 11.6 Å². The lowest BCUT2D eigenvalue weighted by atomic mass is 10.0. The molecule has 2 N–H and O–H groups in total. The normalized spacial score (nSPS) is 16.9. The van der Waals surface area contributed by atoms with E-state index in [2.05, 4.69) is 20.7 Å². The summed E-state index contributed by atoms with van der Waals surface area (Å²) in [4.78, 5) is 25.6. The fourth-order valence-corrected chi connectivity index (χ4v) is 3.25. The Kier molecular flexibility index (Phi) is 4.01. The predicted molar refractivity (Wildman–Crippen MR) is 93.0 cm³/mol. The zero-order valence-corrected chi connectivity index (χ0v) is 14.1. The molecule has 2 aliphatic rings. The molecule has 0 atom stereocenters. The second kappa shape index (κ2) is 6.33. The molecule has 1 aromatic heterocycles. The van der Waals surface area contributed by atoms with Crippen LogP contribution in [0, 0.1) is 0 Å². The molecule has 128 valence electrons. The number of hydrogen-bond acceptors (Lipinski definition) is 4. The molecule has 8 heteroatoms. The maximum absolute atomic E-state index is 12.7. The lowest BCUT2D eigenvalue weighted by molar-refractivity contribution is -0.125. The molecule has 25 heavy (non-hydrogen) atoms. The van der Waals surface area contributed by atoms with Gasteiger partial charge in [-0.3, -0.25) is 14.7 Å². The summed E-state index contributed by atoms with van der Waals surface area (Å²) in [6.07, 6.45) is 1.39. The number of carbonyl (C=O) groups is 2. The third-order valence-corrected chi connectivity index (χ3v) is 4.74. The smallest absolute Gasteiger partial charge is 0.270 e. The summed E-state index contributed by atoms with van der Waals surface area (Å²) in [5.74, 6) is -0.286. The first-order valence-corrected chi connectivity index (χ1v) is 8.46. The van der Waals surface area contributed by atoms with Gasteiger partial charge in [0.1, 0.15) is 5.71 Å². The van der Waals surface area contributed by atoms with Crippen molar-refractivity contribution in [3.8, 4) is 11.3 Å². The van der Waals surface area contributed by atoms with Crippen LogP contribution in [0.3, 0.4) is 0 Å². The number of halogens is 1. The van der Waals surface area contributed by atoms with E-state index >= 15 is 0 Å². The van der Waals surface area contributed by atoms with Crippen LogP contribution in [0.1, 0.15) is 24.1 Å².